The van der Waals surface area contributed by atoms with Crippen LogP contribution in [0.3, 0.4) is 0 Å². The van der Waals surface area contributed by atoms with Gasteiger partial charge in [-0.05, 0) is 12.0 Å². The summed E-state index contributed by atoms with van der Waals surface area (Å²) < 4.78 is 0. The van der Waals surface area contributed by atoms with Crippen molar-refractivity contribution >= 4 is 16.1 Å². The molecule has 0 spiro atoms. The maximum absolute atomic E-state index is 3.36. The molecule has 0 bridgehead atoms. The fourth-order valence-electron chi connectivity index (χ4n) is 3.67. The van der Waals surface area contributed by atoms with E-state index in [-0.39, 0.29) is 75.8 Å². The average Bonchev–Trinajstić information content (AvgIpc) is 3.00. The standard InChI is InChI=1S/C19H25Si2.4ClH.Zr/c1-20(2,3)18-16-13-9-12-15(16)17(14-10-7-8-11-14)19(18)21(4,5)6;;;;;/h7-8,10,12-13H,11H2,1-6H3;4*1H;/q-1;;;;;+4/p-4. The molecule has 3 rings (SSSR count). The first kappa shape index (κ1) is 31.6. The van der Waals surface area contributed by atoms with Gasteiger partial charge in [-0.15, -0.1) is 5.20 Å². The second kappa shape index (κ2) is 11.2. The van der Waals surface area contributed by atoms with Crippen LogP contribution in [0.2, 0.25) is 39.3 Å². The second-order valence-electron chi connectivity index (χ2n) is 8.23. The molecule has 0 saturated carbocycles. The maximum Gasteiger partial charge on any atom is 4.00 e. The van der Waals surface area contributed by atoms with Gasteiger partial charge in [0.1, 0.15) is 0 Å². The SMILES string of the molecule is C[Si](C)(C)C1=C2C=[C-]C=C2C(C2=CC=CC2)=C1[Si](C)(C)C.[Cl-].[Cl-].[Cl-].[Cl-].[Zr+4]. The van der Waals surface area contributed by atoms with E-state index in [2.05, 4.69) is 75.7 Å². The number of halogens is 4. The molecule has 0 N–H and O–H groups in total. The normalized spacial score (nSPS) is 17.3. The Kier molecular flexibility index (Phi) is 13.6. The summed E-state index contributed by atoms with van der Waals surface area (Å²) in [4.78, 5) is 0. The molecule has 0 aromatic carbocycles. The topological polar surface area (TPSA) is 0 Å². The smallest absolute Gasteiger partial charge is 1.00 e. The summed E-state index contributed by atoms with van der Waals surface area (Å²) in [6, 6.07) is 0. The van der Waals surface area contributed by atoms with E-state index in [4.69, 9.17) is 0 Å². The van der Waals surface area contributed by atoms with Crippen molar-refractivity contribution in [1.29, 1.82) is 0 Å². The minimum atomic E-state index is -1.39. The van der Waals surface area contributed by atoms with E-state index in [1.165, 1.54) is 16.7 Å². The first-order valence-electron chi connectivity index (χ1n) is 7.87. The second-order valence-corrected chi connectivity index (χ2v) is 18.2. The molecule has 0 saturated heterocycles. The molecule has 0 aromatic heterocycles. The van der Waals surface area contributed by atoms with E-state index < -0.39 is 16.1 Å². The van der Waals surface area contributed by atoms with E-state index in [9.17, 15) is 0 Å². The Morgan fingerprint density at radius 2 is 1.38 bits per heavy atom. The molecule has 0 aliphatic heterocycles. The average molecular weight is 543 g/mol. The van der Waals surface area contributed by atoms with Crippen molar-refractivity contribution in [2.75, 3.05) is 0 Å². The van der Waals surface area contributed by atoms with Crippen molar-refractivity contribution in [3.8, 4) is 0 Å². The van der Waals surface area contributed by atoms with E-state index in [1.54, 1.807) is 16.0 Å². The number of hydrogen-bond donors (Lipinski definition) is 0. The van der Waals surface area contributed by atoms with Gasteiger partial charge in [-0.25, -0.2) is 0 Å². The van der Waals surface area contributed by atoms with Gasteiger partial charge in [0.05, 0.1) is 16.1 Å². The summed E-state index contributed by atoms with van der Waals surface area (Å²) in [5.41, 5.74) is 6.03. The van der Waals surface area contributed by atoms with Crippen LogP contribution in [0.5, 0.6) is 0 Å². The molecule has 0 nitrogen and oxygen atoms in total. The van der Waals surface area contributed by atoms with Crippen molar-refractivity contribution < 1.29 is 75.8 Å². The summed E-state index contributed by atoms with van der Waals surface area (Å²) >= 11 is 0. The van der Waals surface area contributed by atoms with E-state index in [0.29, 0.717) is 0 Å². The largest absolute Gasteiger partial charge is 4.00 e. The maximum atomic E-state index is 3.36. The Morgan fingerprint density at radius 3 is 1.81 bits per heavy atom. The Morgan fingerprint density at radius 1 is 0.846 bits per heavy atom. The van der Waals surface area contributed by atoms with Gasteiger partial charge in [-0.1, -0.05) is 68.3 Å². The van der Waals surface area contributed by atoms with E-state index in [1.807, 2.05) is 0 Å². The molecule has 0 aromatic rings. The van der Waals surface area contributed by atoms with Gasteiger partial charge >= 0.3 is 26.2 Å². The van der Waals surface area contributed by atoms with Gasteiger partial charge in [0.2, 0.25) is 0 Å². The molecule has 3 aliphatic rings. The zero-order chi connectivity index (χ0) is 15.4. The summed E-state index contributed by atoms with van der Waals surface area (Å²) in [7, 11) is -2.77. The third-order valence-electron chi connectivity index (χ3n) is 4.38. The number of allylic oxidation sites excluding steroid dienone is 12. The van der Waals surface area contributed by atoms with E-state index >= 15 is 0 Å². The molecule has 0 unspecified atom stereocenters. The minimum Gasteiger partial charge on any atom is -1.00 e. The Hall–Kier alpha value is 0.917. The Bertz CT molecular complexity index is 700. The van der Waals surface area contributed by atoms with Crippen LogP contribution in [0.4, 0.5) is 0 Å². The van der Waals surface area contributed by atoms with Crippen molar-refractivity contribution in [1.82, 2.24) is 0 Å². The van der Waals surface area contributed by atoms with Gasteiger partial charge in [0.15, 0.2) is 0 Å². The molecule has 26 heavy (non-hydrogen) atoms. The van der Waals surface area contributed by atoms with Crippen molar-refractivity contribution in [2.45, 2.75) is 45.7 Å². The van der Waals surface area contributed by atoms with E-state index in [0.717, 1.165) is 6.42 Å². The molecule has 0 amide bonds. The molecule has 0 fully saturated rings. The number of hydrogen-bond acceptors (Lipinski definition) is 0. The van der Waals surface area contributed by atoms with Gasteiger partial charge in [-0.3, -0.25) is 0 Å². The van der Waals surface area contributed by atoms with Crippen LogP contribution in [0.25, 0.3) is 0 Å². The molecular weight excluding hydrogens is 517 g/mol. The quantitative estimate of drug-likeness (QED) is 0.246. The van der Waals surface area contributed by atoms with Crippen molar-refractivity contribution in [3.63, 3.8) is 0 Å². The van der Waals surface area contributed by atoms with Gasteiger partial charge in [0.25, 0.3) is 0 Å². The first-order chi connectivity index (χ1) is 9.71. The van der Waals surface area contributed by atoms with Gasteiger partial charge in [0, 0.05) is 0 Å². The molecule has 142 valence electrons. The fraction of sp³-hybridized carbons (Fsp3) is 0.368. The Balaban J connectivity index is -0.00000106. The third kappa shape index (κ3) is 5.72. The van der Waals surface area contributed by atoms with Crippen LogP contribution in [0.15, 0.2) is 63.1 Å². The van der Waals surface area contributed by atoms with Crippen LogP contribution in [-0.2, 0) is 26.2 Å². The third-order valence-corrected chi connectivity index (χ3v) is 8.65. The first-order valence-corrected chi connectivity index (χ1v) is 14.9. The van der Waals surface area contributed by atoms with Gasteiger partial charge in [-0.2, -0.15) is 29.4 Å². The van der Waals surface area contributed by atoms with Crippen LogP contribution in [-0.4, -0.2) is 16.1 Å². The van der Waals surface area contributed by atoms with Crippen LogP contribution >= 0.6 is 0 Å². The molecular formula is C19H25Cl4Si2Zr-. The zero-order valence-corrected chi connectivity index (χ0v) is 23.6. The summed E-state index contributed by atoms with van der Waals surface area (Å²) in [5.74, 6) is 0. The Labute approximate surface area is 205 Å². The number of rotatable bonds is 3. The molecule has 0 radical (unpaired) electrons. The molecule has 0 atom stereocenters. The van der Waals surface area contributed by atoms with Gasteiger partial charge < -0.3 is 49.6 Å². The van der Waals surface area contributed by atoms with Crippen LogP contribution < -0.4 is 49.6 Å². The summed E-state index contributed by atoms with van der Waals surface area (Å²) in [5, 5.41) is 3.44. The zero-order valence-electron chi connectivity index (χ0n) is 16.1. The van der Waals surface area contributed by atoms with Crippen molar-refractivity contribution in [2.24, 2.45) is 0 Å². The fourth-order valence-corrected chi connectivity index (χ4v) is 9.74. The summed E-state index contributed by atoms with van der Waals surface area (Å²) in [6.07, 6.45) is 15.7. The molecule has 3 aliphatic carbocycles. The minimum absolute atomic E-state index is 0. The van der Waals surface area contributed by atoms with Crippen molar-refractivity contribution in [3.05, 3.63) is 69.1 Å². The predicted octanol–water partition coefficient (Wildman–Crippen LogP) is -6.45. The number of fused-ring (bicyclic) bond motifs is 1. The summed E-state index contributed by atoms with van der Waals surface area (Å²) in [6.45, 7) is 15.0. The van der Waals surface area contributed by atoms with Crippen LogP contribution in [0, 0.1) is 6.08 Å². The monoisotopic (exact) mass is 539 g/mol. The predicted molar refractivity (Wildman–Crippen MR) is 98.5 cm³/mol. The van der Waals surface area contributed by atoms with Crippen LogP contribution in [0.1, 0.15) is 6.42 Å². The molecule has 7 heteroatoms. The molecule has 0 heterocycles.